The quantitative estimate of drug-likeness (QED) is 0.500. The molecular weight excluding hydrogens is 415 g/mol. The van der Waals surface area contributed by atoms with Gasteiger partial charge in [0.1, 0.15) is 17.2 Å². The summed E-state index contributed by atoms with van der Waals surface area (Å²) in [6.45, 7) is 0.912. The number of cyclic esters (lactones) is 1. The van der Waals surface area contributed by atoms with Crippen molar-refractivity contribution in [3.05, 3.63) is 54.0 Å². The van der Waals surface area contributed by atoms with Gasteiger partial charge >= 0.3 is 6.09 Å². The molecule has 4 aromatic rings. The monoisotopic (exact) mass is 434 g/mol. The molecule has 1 aliphatic rings. The van der Waals surface area contributed by atoms with Crippen molar-refractivity contribution >= 4 is 34.4 Å². The summed E-state index contributed by atoms with van der Waals surface area (Å²) in [4.78, 5) is 26.6. The Bertz CT molecular complexity index is 1320. The fraction of sp³-hybridized carbons (Fsp3) is 0.190. The van der Waals surface area contributed by atoms with Crippen LogP contribution in [0.1, 0.15) is 12.0 Å². The number of nitrogens with zero attached hydrogens (tertiary/aromatic N) is 6. The maximum atomic E-state index is 14.2. The fourth-order valence-corrected chi connectivity index (χ4v) is 3.70. The molecule has 1 aromatic carbocycles. The molecule has 0 saturated carbocycles. The van der Waals surface area contributed by atoms with Gasteiger partial charge in [0.05, 0.1) is 18.5 Å². The third-order valence-electron chi connectivity index (χ3n) is 5.18. The lowest BCUT2D eigenvalue weighted by molar-refractivity contribution is 0.140. The minimum absolute atomic E-state index is 0.0343. The zero-order valence-corrected chi connectivity index (χ0v) is 16.9. The van der Waals surface area contributed by atoms with E-state index in [1.165, 1.54) is 11.0 Å². The summed E-state index contributed by atoms with van der Waals surface area (Å²) in [6.07, 6.45) is 1.72. The van der Waals surface area contributed by atoms with Crippen molar-refractivity contribution in [3.8, 4) is 11.5 Å². The first-order valence-corrected chi connectivity index (χ1v) is 9.95. The third-order valence-corrected chi connectivity index (χ3v) is 5.18. The number of anilines is 3. The van der Waals surface area contributed by atoms with E-state index in [1.54, 1.807) is 35.1 Å². The Labute approximate surface area is 181 Å². The molecule has 0 spiro atoms. The molecule has 10 nitrogen and oxygen atoms in total. The third kappa shape index (κ3) is 3.33. The van der Waals surface area contributed by atoms with Crippen LogP contribution < -0.4 is 16.4 Å². The zero-order valence-electron chi connectivity index (χ0n) is 16.9. The van der Waals surface area contributed by atoms with E-state index < -0.39 is 6.09 Å². The van der Waals surface area contributed by atoms with Gasteiger partial charge < -0.3 is 16.2 Å². The van der Waals surface area contributed by atoms with Gasteiger partial charge in [0, 0.05) is 18.3 Å². The Morgan fingerprint density at radius 1 is 1.09 bits per heavy atom. The van der Waals surface area contributed by atoms with Crippen molar-refractivity contribution in [1.82, 2.24) is 24.7 Å². The summed E-state index contributed by atoms with van der Waals surface area (Å²) in [6, 6.07) is 10.0. The first-order chi connectivity index (χ1) is 15.5. The van der Waals surface area contributed by atoms with Crippen LogP contribution in [0.2, 0.25) is 0 Å². The van der Waals surface area contributed by atoms with E-state index in [9.17, 15) is 9.18 Å². The number of carbonyl (C=O) groups excluding carboxylic acids is 1. The van der Waals surface area contributed by atoms with E-state index >= 15 is 0 Å². The second kappa shape index (κ2) is 7.76. The predicted molar refractivity (Wildman–Crippen MR) is 116 cm³/mol. The average Bonchev–Trinajstić information content (AvgIpc) is 3.15. The van der Waals surface area contributed by atoms with Crippen LogP contribution in [0.4, 0.5) is 26.5 Å². The Morgan fingerprint density at radius 2 is 1.88 bits per heavy atom. The summed E-state index contributed by atoms with van der Waals surface area (Å²) in [5, 5.41) is 5.24. The number of fused-ring (bicyclic) bond motifs is 1. The number of hydrogen-bond donors (Lipinski definition) is 2. The smallest absolute Gasteiger partial charge is 0.414 e. The Kier molecular flexibility index (Phi) is 4.77. The number of nitrogen functional groups attached to an aromatic ring is 2. The molecule has 11 heteroatoms. The number of aromatic nitrogens is 5. The molecule has 1 aliphatic heterocycles. The van der Waals surface area contributed by atoms with Crippen LogP contribution in [0.15, 0.2) is 42.6 Å². The average molecular weight is 434 g/mol. The van der Waals surface area contributed by atoms with Crippen molar-refractivity contribution in [1.29, 1.82) is 0 Å². The van der Waals surface area contributed by atoms with E-state index in [0.29, 0.717) is 41.9 Å². The molecule has 4 heterocycles. The molecule has 0 bridgehead atoms. The van der Waals surface area contributed by atoms with Gasteiger partial charge in [-0.25, -0.2) is 28.8 Å². The highest BCUT2D eigenvalue weighted by Gasteiger charge is 2.28. The number of amides is 1. The molecule has 0 aliphatic carbocycles. The van der Waals surface area contributed by atoms with Gasteiger partial charge in [-0.2, -0.15) is 5.10 Å². The van der Waals surface area contributed by atoms with Crippen molar-refractivity contribution in [2.45, 2.75) is 13.0 Å². The number of benzene rings is 1. The normalized spacial score (nSPS) is 14.0. The van der Waals surface area contributed by atoms with E-state index in [0.717, 1.165) is 0 Å². The van der Waals surface area contributed by atoms with E-state index in [4.69, 9.17) is 16.2 Å². The highest BCUT2D eigenvalue weighted by Crippen LogP contribution is 2.33. The van der Waals surface area contributed by atoms with Crippen LogP contribution in [-0.2, 0) is 11.3 Å². The molecule has 1 saturated heterocycles. The standard InChI is InChI=1S/C21H19FN8O2/c22-14-7-2-1-5-12(14)11-30-20-13(6-3-8-25-20)15(28-30)19-26-17(23)16(18(24)27-19)29-9-4-10-32-21(29)31/h1-3,5-8H,4,9-11H2,(H4,23,24,26,27). The molecule has 5 rings (SSSR count). The van der Waals surface area contributed by atoms with Gasteiger partial charge in [-0.05, 0) is 24.6 Å². The Morgan fingerprint density at radius 3 is 2.62 bits per heavy atom. The Balaban J connectivity index is 1.59. The zero-order chi connectivity index (χ0) is 22.2. The van der Waals surface area contributed by atoms with Crippen LogP contribution in [0.5, 0.6) is 0 Å². The van der Waals surface area contributed by atoms with Gasteiger partial charge in [0.15, 0.2) is 23.1 Å². The lowest BCUT2D eigenvalue weighted by Crippen LogP contribution is -2.39. The van der Waals surface area contributed by atoms with Crippen molar-refractivity contribution in [3.63, 3.8) is 0 Å². The van der Waals surface area contributed by atoms with Gasteiger partial charge in [-0.3, -0.25) is 4.90 Å². The molecular formula is C21H19FN8O2. The fourth-order valence-electron chi connectivity index (χ4n) is 3.70. The molecule has 32 heavy (non-hydrogen) atoms. The second-order valence-electron chi connectivity index (χ2n) is 7.26. The van der Waals surface area contributed by atoms with E-state index in [1.807, 2.05) is 6.07 Å². The van der Waals surface area contributed by atoms with Crippen molar-refractivity contribution in [2.75, 3.05) is 29.5 Å². The molecule has 0 atom stereocenters. The number of rotatable bonds is 4. The number of pyridine rings is 1. The molecule has 4 N–H and O–H groups in total. The number of halogens is 1. The van der Waals surface area contributed by atoms with Crippen molar-refractivity contribution < 1.29 is 13.9 Å². The van der Waals surface area contributed by atoms with Crippen LogP contribution in [0, 0.1) is 5.82 Å². The minimum Gasteiger partial charge on any atom is -0.449 e. The first-order valence-electron chi connectivity index (χ1n) is 9.95. The highest BCUT2D eigenvalue weighted by molar-refractivity contribution is 5.96. The highest BCUT2D eigenvalue weighted by atomic mass is 19.1. The number of ether oxygens (including phenoxy) is 1. The minimum atomic E-state index is -0.546. The molecule has 1 fully saturated rings. The van der Waals surface area contributed by atoms with Gasteiger partial charge in [-0.1, -0.05) is 18.2 Å². The lowest BCUT2D eigenvalue weighted by atomic mass is 10.2. The van der Waals surface area contributed by atoms with Crippen LogP contribution in [0.25, 0.3) is 22.6 Å². The number of hydrogen-bond acceptors (Lipinski definition) is 8. The van der Waals surface area contributed by atoms with Gasteiger partial charge in [0.25, 0.3) is 0 Å². The largest absolute Gasteiger partial charge is 0.449 e. The molecule has 0 radical (unpaired) electrons. The summed E-state index contributed by atoms with van der Waals surface area (Å²) in [5.41, 5.74) is 13.9. The van der Waals surface area contributed by atoms with Crippen LogP contribution in [0.3, 0.4) is 0 Å². The molecule has 0 unspecified atom stereocenters. The van der Waals surface area contributed by atoms with E-state index in [2.05, 4.69) is 20.1 Å². The van der Waals surface area contributed by atoms with Crippen molar-refractivity contribution in [2.24, 2.45) is 0 Å². The molecule has 3 aromatic heterocycles. The lowest BCUT2D eigenvalue weighted by Gasteiger charge is -2.27. The summed E-state index contributed by atoms with van der Waals surface area (Å²) >= 11 is 0. The maximum Gasteiger partial charge on any atom is 0.414 e. The molecule has 1 amide bonds. The van der Waals surface area contributed by atoms with Gasteiger partial charge in [-0.15, -0.1) is 0 Å². The second-order valence-corrected chi connectivity index (χ2v) is 7.26. The van der Waals surface area contributed by atoms with Crippen LogP contribution in [-0.4, -0.2) is 44.0 Å². The first kappa shape index (κ1) is 19.7. The summed E-state index contributed by atoms with van der Waals surface area (Å²) in [5.74, 6) is -0.0883. The summed E-state index contributed by atoms with van der Waals surface area (Å²) < 4.78 is 20.8. The van der Waals surface area contributed by atoms with Gasteiger partial charge in [0.2, 0.25) is 0 Å². The molecule has 162 valence electrons. The SMILES string of the molecule is Nc1nc(-c2nn(Cc3ccccc3F)c3ncccc23)nc(N)c1N1CCCOC1=O. The number of nitrogens with two attached hydrogens (primary N) is 2. The van der Waals surface area contributed by atoms with E-state index in [-0.39, 0.29) is 35.5 Å². The maximum absolute atomic E-state index is 14.2. The van der Waals surface area contributed by atoms with Crippen LogP contribution >= 0.6 is 0 Å². The predicted octanol–water partition coefficient (Wildman–Crippen LogP) is 2.59. The topological polar surface area (TPSA) is 138 Å². The number of carbonyl (C=O) groups is 1. The Hall–Kier alpha value is -4.28. The summed E-state index contributed by atoms with van der Waals surface area (Å²) in [7, 11) is 0.